The second-order valence-electron chi connectivity index (χ2n) is 6.00. The van der Waals surface area contributed by atoms with Gasteiger partial charge in [0.25, 0.3) is 0 Å². The maximum absolute atomic E-state index is 12.5. The van der Waals surface area contributed by atoms with Crippen molar-refractivity contribution < 1.29 is 0 Å². The van der Waals surface area contributed by atoms with E-state index in [0.717, 1.165) is 11.1 Å². The molecule has 0 saturated heterocycles. The molecule has 0 radical (unpaired) electrons. The molecule has 126 valence electrons. The minimum absolute atomic E-state index is 0.178. The van der Waals surface area contributed by atoms with Crippen molar-refractivity contribution in [3.05, 3.63) is 82.4 Å². The zero-order chi connectivity index (χ0) is 18.1. The zero-order valence-corrected chi connectivity index (χ0v) is 14.0. The normalized spacial score (nSPS) is 12.0. The molecule has 0 amide bonds. The van der Waals surface area contributed by atoms with Gasteiger partial charge < -0.3 is 0 Å². The molecule has 0 aliphatic heterocycles. The molecule has 0 bridgehead atoms. The van der Waals surface area contributed by atoms with Crippen LogP contribution in [0.25, 0.3) is 22.6 Å². The minimum atomic E-state index is -0.242. The first-order valence-electron chi connectivity index (χ1n) is 8.20. The van der Waals surface area contributed by atoms with Gasteiger partial charge in [-0.1, -0.05) is 42.5 Å². The van der Waals surface area contributed by atoms with E-state index >= 15 is 0 Å². The van der Waals surface area contributed by atoms with Gasteiger partial charge in [0, 0.05) is 5.56 Å². The number of nitrogens with zero attached hydrogens (tertiary/aromatic N) is 4. The first kappa shape index (κ1) is 15.8. The minimum Gasteiger partial charge on any atom is -0.289 e. The van der Waals surface area contributed by atoms with E-state index in [4.69, 9.17) is 5.26 Å². The Hall–Kier alpha value is -3.72. The van der Waals surface area contributed by atoms with E-state index < -0.39 is 0 Å². The Morgan fingerprint density at radius 1 is 1.12 bits per heavy atom. The number of H-pyrrole nitrogens is 1. The molecule has 26 heavy (non-hydrogen) atoms. The largest absolute Gasteiger partial charge is 0.329 e. The van der Waals surface area contributed by atoms with E-state index in [9.17, 15) is 4.79 Å². The molecule has 4 aromatic rings. The van der Waals surface area contributed by atoms with Crippen LogP contribution in [0.15, 0.2) is 65.6 Å². The van der Waals surface area contributed by atoms with Crippen LogP contribution in [0.5, 0.6) is 0 Å². The van der Waals surface area contributed by atoms with Crippen molar-refractivity contribution in [1.29, 1.82) is 5.26 Å². The number of imidazole rings is 1. The van der Waals surface area contributed by atoms with Gasteiger partial charge in [-0.15, -0.1) is 0 Å². The molecule has 0 unspecified atom stereocenters. The molecule has 2 aromatic heterocycles. The molecule has 0 aliphatic rings. The van der Waals surface area contributed by atoms with Crippen molar-refractivity contribution in [3.8, 4) is 17.3 Å². The Morgan fingerprint density at radius 3 is 2.54 bits per heavy atom. The predicted octanol–water partition coefficient (Wildman–Crippen LogP) is 3.27. The van der Waals surface area contributed by atoms with Crippen molar-refractivity contribution in [1.82, 2.24) is 19.5 Å². The van der Waals surface area contributed by atoms with Gasteiger partial charge in [0.15, 0.2) is 11.3 Å². The topological polar surface area (TPSA) is 87.4 Å². The SMILES string of the molecule is C[C@H](c1ccccc1)n1c(=O)[nH]c2ncc(-c3ccc(C#N)cc3)nc21. The van der Waals surface area contributed by atoms with Gasteiger partial charge in [-0.2, -0.15) is 5.26 Å². The van der Waals surface area contributed by atoms with Gasteiger partial charge in [-0.3, -0.25) is 9.55 Å². The van der Waals surface area contributed by atoms with Crippen LogP contribution >= 0.6 is 0 Å². The van der Waals surface area contributed by atoms with Crippen molar-refractivity contribution in [2.24, 2.45) is 0 Å². The van der Waals surface area contributed by atoms with Gasteiger partial charge in [-0.05, 0) is 24.6 Å². The second-order valence-corrected chi connectivity index (χ2v) is 6.00. The molecule has 6 heteroatoms. The Balaban J connectivity index is 1.85. The van der Waals surface area contributed by atoms with Crippen LogP contribution in [0.1, 0.15) is 24.1 Å². The molecule has 2 aromatic carbocycles. The fraction of sp³-hybridized carbons (Fsp3) is 0.100. The highest BCUT2D eigenvalue weighted by Gasteiger charge is 2.17. The maximum Gasteiger partial charge on any atom is 0.329 e. The lowest BCUT2D eigenvalue weighted by Gasteiger charge is -2.13. The average molecular weight is 341 g/mol. The zero-order valence-electron chi connectivity index (χ0n) is 14.0. The van der Waals surface area contributed by atoms with Crippen LogP contribution in [0.4, 0.5) is 0 Å². The molecule has 4 rings (SSSR count). The number of benzene rings is 2. The van der Waals surface area contributed by atoms with Crippen molar-refractivity contribution in [3.63, 3.8) is 0 Å². The predicted molar refractivity (Wildman–Crippen MR) is 98.6 cm³/mol. The lowest BCUT2D eigenvalue weighted by atomic mass is 10.1. The molecule has 6 nitrogen and oxygen atoms in total. The van der Waals surface area contributed by atoms with Crippen LogP contribution in [0.2, 0.25) is 0 Å². The van der Waals surface area contributed by atoms with Gasteiger partial charge in [0.05, 0.1) is 29.6 Å². The smallest absolute Gasteiger partial charge is 0.289 e. The fourth-order valence-corrected chi connectivity index (χ4v) is 2.99. The van der Waals surface area contributed by atoms with Gasteiger partial charge in [-0.25, -0.2) is 14.8 Å². The highest BCUT2D eigenvalue weighted by molar-refractivity contribution is 5.71. The standard InChI is InChI=1S/C20H15N5O/c1-13(15-5-3-2-4-6-15)25-19-18(24-20(25)26)22-12-17(23-19)16-9-7-14(11-21)8-10-16/h2-10,12-13H,1H3,(H,22,24,26)/t13-/m1/s1. The van der Waals surface area contributed by atoms with E-state index in [2.05, 4.69) is 21.0 Å². The summed E-state index contributed by atoms with van der Waals surface area (Å²) in [6, 6.07) is 18.8. The number of hydrogen-bond acceptors (Lipinski definition) is 4. The van der Waals surface area contributed by atoms with Gasteiger partial charge in [0.2, 0.25) is 0 Å². The summed E-state index contributed by atoms with van der Waals surface area (Å²) in [5, 5.41) is 8.93. The number of rotatable bonds is 3. The molecule has 1 N–H and O–H groups in total. The third-order valence-corrected chi connectivity index (χ3v) is 4.41. The summed E-state index contributed by atoms with van der Waals surface area (Å²) >= 11 is 0. The van der Waals surface area contributed by atoms with Crippen molar-refractivity contribution in [2.75, 3.05) is 0 Å². The summed E-state index contributed by atoms with van der Waals surface area (Å²) in [5.41, 5.74) is 3.80. The summed E-state index contributed by atoms with van der Waals surface area (Å²) in [7, 11) is 0. The van der Waals surface area contributed by atoms with E-state index in [-0.39, 0.29) is 11.7 Å². The van der Waals surface area contributed by atoms with Gasteiger partial charge in [0.1, 0.15) is 0 Å². The third kappa shape index (κ3) is 2.66. The van der Waals surface area contributed by atoms with Crippen LogP contribution in [-0.2, 0) is 0 Å². The lowest BCUT2D eigenvalue weighted by Crippen LogP contribution is -2.21. The molecular formula is C20H15N5O. The fourth-order valence-electron chi connectivity index (χ4n) is 2.99. The van der Waals surface area contributed by atoms with Crippen LogP contribution in [-0.4, -0.2) is 19.5 Å². The van der Waals surface area contributed by atoms with Crippen LogP contribution in [0, 0.1) is 11.3 Å². The number of fused-ring (bicyclic) bond motifs is 1. The molecule has 0 spiro atoms. The van der Waals surface area contributed by atoms with Crippen molar-refractivity contribution in [2.45, 2.75) is 13.0 Å². The van der Waals surface area contributed by atoms with Crippen LogP contribution in [0.3, 0.4) is 0 Å². The average Bonchev–Trinajstić information content (AvgIpc) is 3.03. The number of hydrogen-bond donors (Lipinski definition) is 1. The van der Waals surface area contributed by atoms with E-state index in [1.807, 2.05) is 49.4 Å². The Morgan fingerprint density at radius 2 is 1.85 bits per heavy atom. The lowest BCUT2D eigenvalue weighted by molar-refractivity contribution is 0.631. The molecule has 1 atom stereocenters. The first-order chi connectivity index (χ1) is 12.7. The van der Waals surface area contributed by atoms with Gasteiger partial charge >= 0.3 is 5.69 Å². The molecule has 0 aliphatic carbocycles. The summed E-state index contributed by atoms with van der Waals surface area (Å²) in [6.45, 7) is 1.96. The number of nitriles is 1. The second kappa shape index (κ2) is 6.30. The summed E-state index contributed by atoms with van der Waals surface area (Å²) in [4.78, 5) is 24.2. The Bertz CT molecular complexity index is 1170. The molecule has 2 heterocycles. The van der Waals surface area contributed by atoms with E-state index in [1.54, 1.807) is 22.9 Å². The third-order valence-electron chi connectivity index (χ3n) is 4.41. The highest BCUT2D eigenvalue weighted by Crippen LogP contribution is 2.22. The van der Waals surface area contributed by atoms with E-state index in [1.165, 1.54) is 0 Å². The van der Waals surface area contributed by atoms with Crippen molar-refractivity contribution >= 4 is 11.3 Å². The first-order valence-corrected chi connectivity index (χ1v) is 8.20. The summed E-state index contributed by atoms with van der Waals surface area (Å²) in [5.74, 6) is 0. The molecular weight excluding hydrogens is 326 g/mol. The molecule has 0 fully saturated rings. The maximum atomic E-state index is 12.5. The number of aromatic nitrogens is 4. The summed E-state index contributed by atoms with van der Waals surface area (Å²) < 4.78 is 1.62. The van der Waals surface area contributed by atoms with E-state index in [0.29, 0.717) is 22.6 Å². The van der Waals surface area contributed by atoms with Crippen LogP contribution < -0.4 is 5.69 Å². The highest BCUT2D eigenvalue weighted by atomic mass is 16.1. The summed E-state index contributed by atoms with van der Waals surface area (Å²) in [6.07, 6.45) is 1.62. The molecule has 0 saturated carbocycles. The Kier molecular flexibility index (Phi) is 3.82. The number of aromatic amines is 1. The monoisotopic (exact) mass is 341 g/mol. The quantitative estimate of drug-likeness (QED) is 0.619. The number of nitrogens with one attached hydrogen (secondary N) is 1. The Labute approximate surface area is 149 Å².